The normalized spacial score (nSPS) is 27.5. The molecule has 2 heteroatoms. The monoisotopic (exact) mass is 289 g/mol. The molecule has 1 aliphatic rings. The maximum Gasteiger partial charge on any atom is 0.0831 e. The summed E-state index contributed by atoms with van der Waals surface area (Å²) < 4.78 is 6.07. The van der Waals surface area contributed by atoms with Crippen molar-refractivity contribution in [3.8, 4) is 0 Å². The molecule has 0 saturated heterocycles. The number of likely N-dealkylation sites (N-methyl/N-ethyl adjacent to an activating group) is 1. The van der Waals surface area contributed by atoms with E-state index in [1.54, 1.807) is 0 Å². The highest BCUT2D eigenvalue weighted by Gasteiger charge is 2.40. The van der Waals surface area contributed by atoms with Crippen LogP contribution in [-0.4, -0.2) is 25.3 Å². The fourth-order valence-corrected chi connectivity index (χ4v) is 3.70. The first-order valence-electron chi connectivity index (χ1n) is 8.52. The Morgan fingerprint density at radius 1 is 1.24 bits per heavy atom. The molecule has 1 unspecified atom stereocenters. The van der Waals surface area contributed by atoms with Crippen LogP contribution < -0.4 is 5.32 Å². The van der Waals surface area contributed by atoms with Gasteiger partial charge < -0.3 is 10.1 Å². The van der Waals surface area contributed by atoms with Gasteiger partial charge in [-0.2, -0.15) is 0 Å². The van der Waals surface area contributed by atoms with Crippen molar-refractivity contribution in [3.63, 3.8) is 0 Å². The molecule has 0 spiro atoms. The van der Waals surface area contributed by atoms with E-state index in [9.17, 15) is 0 Å². The maximum atomic E-state index is 6.07. The van der Waals surface area contributed by atoms with E-state index < -0.39 is 0 Å². The molecule has 1 aromatic rings. The Morgan fingerprint density at radius 2 is 1.90 bits per heavy atom. The van der Waals surface area contributed by atoms with E-state index >= 15 is 0 Å². The summed E-state index contributed by atoms with van der Waals surface area (Å²) >= 11 is 0. The van der Waals surface area contributed by atoms with E-state index in [2.05, 4.69) is 49.5 Å². The summed E-state index contributed by atoms with van der Waals surface area (Å²) in [6.45, 7) is 5.58. The molecule has 118 valence electrons. The molecule has 0 heterocycles. The molecule has 0 bridgehead atoms. The molecule has 0 aromatic heterocycles. The molecule has 21 heavy (non-hydrogen) atoms. The van der Waals surface area contributed by atoms with Crippen LogP contribution in [0.2, 0.25) is 0 Å². The summed E-state index contributed by atoms with van der Waals surface area (Å²) in [6, 6.07) is 11.3. The Bertz CT molecular complexity index is 395. The lowest BCUT2D eigenvalue weighted by molar-refractivity contribution is -0.0760. The lowest BCUT2D eigenvalue weighted by Crippen LogP contribution is -2.54. The van der Waals surface area contributed by atoms with Crippen molar-refractivity contribution in [1.29, 1.82) is 0 Å². The van der Waals surface area contributed by atoms with E-state index in [1.165, 1.54) is 31.2 Å². The van der Waals surface area contributed by atoms with Crippen LogP contribution in [0.5, 0.6) is 0 Å². The summed E-state index contributed by atoms with van der Waals surface area (Å²) in [5.41, 5.74) is 1.47. The molecule has 0 aliphatic heterocycles. The number of hydrogen-bond donors (Lipinski definition) is 1. The van der Waals surface area contributed by atoms with Crippen molar-refractivity contribution < 1.29 is 4.74 Å². The highest BCUT2D eigenvalue weighted by Crippen LogP contribution is 2.38. The third-order valence-electron chi connectivity index (χ3n) is 5.18. The van der Waals surface area contributed by atoms with Gasteiger partial charge in [0.25, 0.3) is 0 Å². The van der Waals surface area contributed by atoms with Crippen molar-refractivity contribution in [2.45, 2.75) is 64.0 Å². The number of methoxy groups -OCH3 is 1. The van der Waals surface area contributed by atoms with Gasteiger partial charge in [-0.25, -0.2) is 0 Å². The van der Waals surface area contributed by atoms with Crippen molar-refractivity contribution in [3.05, 3.63) is 35.9 Å². The predicted molar refractivity (Wildman–Crippen MR) is 89.6 cm³/mol. The van der Waals surface area contributed by atoms with Crippen molar-refractivity contribution in [2.24, 2.45) is 5.92 Å². The minimum absolute atomic E-state index is 0.0390. The van der Waals surface area contributed by atoms with E-state index in [0.717, 1.165) is 25.3 Å². The summed E-state index contributed by atoms with van der Waals surface area (Å²) in [7, 11) is 1.91. The van der Waals surface area contributed by atoms with Crippen LogP contribution >= 0.6 is 0 Å². The first kappa shape index (κ1) is 16.5. The zero-order valence-corrected chi connectivity index (χ0v) is 13.9. The standard InChI is InChI=1S/C19H31NO/c1-4-20-18(11-10-17-8-6-5-7-9-17)19(21-3)14-12-16(2)13-15-19/h5-9,16,18,20H,4,10-15H2,1-3H3. The Kier molecular flexibility index (Phi) is 6.25. The fraction of sp³-hybridized carbons (Fsp3) is 0.684. The molecular weight excluding hydrogens is 258 g/mol. The van der Waals surface area contributed by atoms with Crippen molar-refractivity contribution in [1.82, 2.24) is 5.32 Å². The predicted octanol–water partition coefficient (Wildman–Crippen LogP) is 4.19. The zero-order valence-electron chi connectivity index (χ0n) is 13.9. The summed E-state index contributed by atoms with van der Waals surface area (Å²) in [5.74, 6) is 0.852. The third-order valence-corrected chi connectivity index (χ3v) is 5.18. The molecule has 1 N–H and O–H groups in total. The molecule has 2 rings (SSSR count). The molecule has 1 atom stereocenters. The van der Waals surface area contributed by atoms with Crippen LogP contribution in [0.4, 0.5) is 0 Å². The van der Waals surface area contributed by atoms with E-state index in [4.69, 9.17) is 4.74 Å². The first-order chi connectivity index (χ1) is 10.2. The van der Waals surface area contributed by atoms with Gasteiger partial charge >= 0.3 is 0 Å². The average molecular weight is 289 g/mol. The van der Waals surface area contributed by atoms with Gasteiger partial charge in [0.2, 0.25) is 0 Å². The Morgan fingerprint density at radius 3 is 2.48 bits per heavy atom. The molecule has 1 saturated carbocycles. The van der Waals surface area contributed by atoms with Gasteiger partial charge in [0, 0.05) is 13.2 Å². The summed E-state index contributed by atoms with van der Waals surface area (Å²) in [6.07, 6.45) is 7.25. The number of benzene rings is 1. The SMILES string of the molecule is CCNC(CCc1ccccc1)C1(OC)CCC(C)CC1. The minimum Gasteiger partial charge on any atom is -0.377 e. The minimum atomic E-state index is 0.0390. The van der Waals surface area contributed by atoms with Crippen molar-refractivity contribution in [2.75, 3.05) is 13.7 Å². The highest BCUT2D eigenvalue weighted by atomic mass is 16.5. The summed E-state index contributed by atoms with van der Waals surface area (Å²) in [4.78, 5) is 0. The number of nitrogens with one attached hydrogen (secondary N) is 1. The maximum absolute atomic E-state index is 6.07. The topological polar surface area (TPSA) is 21.3 Å². The van der Waals surface area contributed by atoms with Crippen LogP contribution in [0.1, 0.15) is 51.5 Å². The van der Waals surface area contributed by atoms with Crippen LogP contribution in [0.3, 0.4) is 0 Å². The third kappa shape index (κ3) is 4.31. The van der Waals surface area contributed by atoms with Crippen molar-refractivity contribution >= 4 is 0 Å². The van der Waals surface area contributed by atoms with Gasteiger partial charge in [-0.05, 0) is 56.6 Å². The van der Waals surface area contributed by atoms with Crippen LogP contribution in [0.25, 0.3) is 0 Å². The largest absolute Gasteiger partial charge is 0.377 e. The number of rotatable bonds is 7. The smallest absolute Gasteiger partial charge is 0.0831 e. The Labute approximate surface area is 130 Å². The van der Waals surface area contributed by atoms with E-state index in [0.29, 0.717) is 6.04 Å². The second-order valence-corrected chi connectivity index (χ2v) is 6.59. The molecule has 2 nitrogen and oxygen atoms in total. The van der Waals surface area contributed by atoms with Gasteiger partial charge in [-0.1, -0.05) is 44.2 Å². The highest BCUT2D eigenvalue weighted by molar-refractivity contribution is 5.15. The molecule has 0 amide bonds. The molecule has 1 aliphatic carbocycles. The van der Waals surface area contributed by atoms with Crippen LogP contribution in [0.15, 0.2) is 30.3 Å². The number of hydrogen-bond acceptors (Lipinski definition) is 2. The van der Waals surface area contributed by atoms with Crippen LogP contribution in [0, 0.1) is 5.92 Å². The number of aryl methyl sites for hydroxylation is 1. The van der Waals surface area contributed by atoms with E-state index in [1.807, 2.05) is 7.11 Å². The number of ether oxygens (including phenoxy) is 1. The quantitative estimate of drug-likeness (QED) is 0.812. The van der Waals surface area contributed by atoms with Gasteiger partial charge in [0.05, 0.1) is 5.60 Å². The van der Waals surface area contributed by atoms with Gasteiger partial charge in [-0.3, -0.25) is 0 Å². The molecule has 1 aromatic carbocycles. The van der Waals surface area contributed by atoms with E-state index in [-0.39, 0.29) is 5.60 Å². The lowest BCUT2D eigenvalue weighted by atomic mass is 9.74. The zero-order chi connectivity index (χ0) is 15.1. The summed E-state index contributed by atoms with van der Waals surface area (Å²) in [5, 5.41) is 3.70. The molecule has 0 radical (unpaired) electrons. The average Bonchev–Trinajstić information content (AvgIpc) is 2.54. The molecule has 1 fully saturated rings. The lowest BCUT2D eigenvalue weighted by Gasteiger charge is -2.44. The molecular formula is C19H31NO. The van der Waals surface area contributed by atoms with Gasteiger partial charge in [-0.15, -0.1) is 0 Å². The first-order valence-corrected chi connectivity index (χ1v) is 8.52. The second kappa shape index (κ2) is 7.95. The second-order valence-electron chi connectivity index (χ2n) is 6.59. The fourth-order valence-electron chi connectivity index (χ4n) is 3.70. The van der Waals surface area contributed by atoms with Gasteiger partial charge in [0.1, 0.15) is 0 Å². The van der Waals surface area contributed by atoms with Crippen LogP contribution in [-0.2, 0) is 11.2 Å². The Hall–Kier alpha value is -0.860. The van der Waals surface area contributed by atoms with Gasteiger partial charge in [0.15, 0.2) is 0 Å². The Balaban J connectivity index is 2.02.